The van der Waals surface area contributed by atoms with E-state index < -0.39 is 0 Å². The van der Waals surface area contributed by atoms with Crippen LogP contribution in [0.3, 0.4) is 0 Å². The van der Waals surface area contributed by atoms with Crippen LogP contribution >= 0.6 is 0 Å². The predicted molar refractivity (Wildman–Crippen MR) is 41.7 cm³/mol. The summed E-state index contributed by atoms with van der Waals surface area (Å²) in [6.07, 6.45) is 1.20. The number of rotatable bonds is 2. The smallest absolute Gasteiger partial charge is 0.0842 e. The fourth-order valence-electron chi connectivity index (χ4n) is 1.61. The molecule has 0 saturated heterocycles. The van der Waals surface area contributed by atoms with Crippen LogP contribution < -0.4 is 0 Å². The van der Waals surface area contributed by atoms with Crippen molar-refractivity contribution in [1.82, 2.24) is 0 Å². The molecule has 2 heteroatoms. The van der Waals surface area contributed by atoms with Crippen molar-refractivity contribution in [2.45, 2.75) is 27.2 Å². The van der Waals surface area contributed by atoms with E-state index in [1.807, 2.05) is 0 Å². The lowest BCUT2D eigenvalue weighted by molar-refractivity contribution is 0.331. The second-order valence-electron chi connectivity index (χ2n) is 4.28. The lowest BCUT2D eigenvalue weighted by Gasteiger charge is -2.17. The second kappa shape index (κ2) is 2.33. The molecule has 0 amide bonds. The van der Waals surface area contributed by atoms with Crippen LogP contribution in [-0.4, -0.2) is 6.54 Å². The summed E-state index contributed by atoms with van der Waals surface area (Å²) in [6, 6.07) is 0. The van der Waals surface area contributed by atoms with Gasteiger partial charge in [-0.05, 0) is 23.7 Å². The molecule has 1 aliphatic rings. The van der Waals surface area contributed by atoms with Gasteiger partial charge in [-0.25, -0.2) is 0 Å². The summed E-state index contributed by atoms with van der Waals surface area (Å²) in [5, 5.41) is 2.91. The van der Waals surface area contributed by atoms with Crippen molar-refractivity contribution in [2.24, 2.45) is 22.4 Å². The van der Waals surface area contributed by atoms with Gasteiger partial charge in [0.15, 0.2) is 0 Å². The van der Waals surface area contributed by atoms with Crippen molar-refractivity contribution in [3.63, 3.8) is 0 Å². The van der Waals surface area contributed by atoms with Gasteiger partial charge in [-0.15, -0.1) is 0 Å². The maximum absolute atomic E-state index is 9.88. The first-order valence-electron chi connectivity index (χ1n) is 3.85. The minimum Gasteiger partial charge on any atom is -0.151 e. The zero-order chi connectivity index (χ0) is 7.78. The molecule has 1 fully saturated rings. The summed E-state index contributed by atoms with van der Waals surface area (Å²) in [5.74, 6) is 1.34. The standard InChI is InChI=1S/C8H15NO/c1-8(2,3)7-4-6(7)5-9-10/h6-7H,4-5H2,1-3H3. The highest BCUT2D eigenvalue weighted by Gasteiger charge is 2.44. The third-order valence-electron chi connectivity index (χ3n) is 2.34. The Balaban J connectivity index is 2.31. The minimum atomic E-state index is 0.384. The topological polar surface area (TPSA) is 29.4 Å². The number of nitroso groups, excluding NO2 is 1. The van der Waals surface area contributed by atoms with E-state index in [0.717, 1.165) is 5.92 Å². The average Bonchev–Trinajstić information content (AvgIpc) is 2.44. The summed E-state index contributed by atoms with van der Waals surface area (Å²) in [7, 11) is 0. The molecule has 0 aromatic heterocycles. The van der Waals surface area contributed by atoms with Crippen molar-refractivity contribution in [3.8, 4) is 0 Å². The summed E-state index contributed by atoms with van der Waals surface area (Å²) in [5.41, 5.74) is 0.384. The van der Waals surface area contributed by atoms with Gasteiger partial charge in [0.05, 0.1) is 6.54 Å². The van der Waals surface area contributed by atoms with Gasteiger partial charge in [0.1, 0.15) is 0 Å². The van der Waals surface area contributed by atoms with Crippen molar-refractivity contribution < 1.29 is 0 Å². The largest absolute Gasteiger partial charge is 0.151 e. The zero-order valence-corrected chi connectivity index (χ0v) is 6.92. The molecule has 2 atom stereocenters. The van der Waals surface area contributed by atoms with Crippen LogP contribution in [0.5, 0.6) is 0 Å². The maximum atomic E-state index is 9.88. The molecule has 1 aliphatic carbocycles. The molecule has 0 heterocycles. The van der Waals surface area contributed by atoms with Gasteiger partial charge >= 0.3 is 0 Å². The number of nitrogens with zero attached hydrogens (tertiary/aromatic N) is 1. The van der Waals surface area contributed by atoms with Gasteiger partial charge in [0, 0.05) is 0 Å². The Kier molecular flexibility index (Phi) is 1.80. The van der Waals surface area contributed by atoms with Crippen LogP contribution in [0.1, 0.15) is 27.2 Å². The van der Waals surface area contributed by atoms with Crippen LogP contribution in [-0.2, 0) is 0 Å². The molecule has 0 bridgehead atoms. The molecule has 2 nitrogen and oxygen atoms in total. The van der Waals surface area contributed by atoms with Crippen LogP contribution in [0, 0.1) is 22.2 Å². The highest BCUT2D eigenvalue weighted by atomic mass is 16.3. The Morgan fingerprint density at radius 3 is 2.40 bits per heavy atom. The molecule has 1 saturated carbocycles. The van der Waals surface area contributed by atoms with E-state index in [-0.39, 0.29) is 0 Å². The third kappa shape index (κ3) is 1.55. The molecule has 0 aliphatic heterocycles. The lowest BCUT2D eigenvalue weighted by Crippen LogP contribution is -2.09. The molecular formula is C8H15NO. The quantitative estimate of drug-likeness (QED) is 0.543. The monoisotopic (exact) mass is 141 g/mol. The first-order chi connectivity index (χ1) is 4.55. The highest BCUT2D eigenvalue weighted by Crippen LogP contribution is 2.50. The van der Waals surface area contributed by atoms with E-state index in [1.54, 1.807) is 0 Å². The lowest BCUT2D eigenvalue weighted by atomic mass is 9.89. The Morgan fingerprint density at radius 1 is 1.50 bits per heavy atom. The molecule has 0 aromatic rings. The van der Waals surface area contributed by atoms with E-state index in [0.29, 0.717) is 17.9 Å². The van der Waals surface area contributed by atoms with Gasteiger partial charge in [0.25, 0.3) is 0 Å². The van der Waals surface area contributed by atoms with Gasteiger partial charge in [0.2, 0.25) is 0 Å². The highest BCUT2D eigenvalue weighted by molar-refractivity contribution is 4.94. The van der Waals surface area contributed by atoms with Gasteiger partial charge in [-0.3, -0.25) is 0 Å². The van der Waals surface area contributed by atoms with Gasteiger partial charge < -0.3 is 0 Å². The van der Waals surface area contributed by atoms with Crippen molar-refractivity contribution in [2.75, 3.05) is 6.54 Å². The van der Waals surface area contributed by atoms with E-state index in [4.69, 9.17) is 0 Å². The Hall–Kier alpha value is -0.400. The first-order valence-corrected chi connectivity index (χ1v) is 3.85. The maximum Gasteiger partial charge on any atom is 0.0842 e. The molecule has 10 heavy (non-hydrogen) atoms. The second-order valence-corrected chi connectivity index (χ2v) is 4.28. The Bertz CT molecular complexity index is 137. The summed E-state index contributed by atoms with van der Waals surface area (Å²) >= 11 is 0. The molecule has 0 N–H and O–H groups in total. The normalized spacial score (nSPS) is 31.9. The van der Waals surface area contributed by atoms with E-state index in [2.05, 4.69) is 25.9 Å². The molecule has 0 aromatic carbocycles. The molecule has 1 rings (SSSR count). The SMILES string of the molecule is CC(C)(C)C1CC1CN=O. The molecule has 58 valence electrons. The Labute approximate surface area is 62.0 Å². The number of hydrogen-bond donors (Lipinski definition) is 0. The summed E-state index contributed by atoms with van der Waals surface area (Å²) in [6.45, 7) is 7.20. The summed E-state index contributed by atoms with van der Waals surface area (Å²) < 4.78 is 0. The van der Waals surface area contributed by atoms with E-state index >= 15 is 0 Å². The van der Waals surface area contributed by atoms with Crippen LogP contribution in [0.4, 0.5) is 0 Å². The first kappa shape index (κ1) is 7.70. The van der Waals surface area contributed by atoms with Crippen molar-refractivity contribution in [1.29, 1.82) is 0 Å². The molecule has 2 unspecified atom stereocenters. The average molecular weight is 141 g/mol. The summed E-state index contributed by atoms with van der Waals surface area (Å²) in [4.78, 5) is 9.88. The van der Waals surface area contributed by atoms with E-state index in [1.165, 1.54) is 6.42 Å². The fraction of sp³-hybridized carbons (Fsp3) is 1.00. The van der Waals surface area contributed by atoms with Gasteiger partial charge in [-0.2, -0.15) is 4.91 Å². The van der Waals surface area contributed by atoms with Crippen molar-refractivity contribution in [3.05, 3.63) is 4.91 Å². The predicted octanol–water partition coefficient (Wildman–Crippen LogP) is 2.44. The fourth-order valence-corrected chi connectivity index (χ4v) is 1.61. The van der Waals surface area contributed by atoms with Crippen LogP contribution in [0.15, 0.2) is 5.18 Å². The van der Waals surface area contributed by atoms with E-state index in [9.17, 15) is 4.91 Å². The zero-order valence-electron chi connectivity index (χ0n) is 6.92. The van der Waals surface area contributed by atoms with Gasteiger partial charge in [-0.1, -0.05) is 25.9 Å². The van der Waals surface area contributed by atoms with Crippen LogP contribution in [0.25, 0.3) is 0 Å². The third-order valence-corrected chi connectivity index (χ3v) is 2.34. The van der Waals surface area contributed by atoms with Crippen LogP contribution in [0.2, 0.25) is 0 Å². The Morgan fingerprint density at radius 2 is 2.10 bits per heavy atom. The molecular weight excluding hydrogens is 126 g/mol. The molecule has 0 radical (unpaired) electrons. The molecule has 0 spiro atoms. The minimum absolute atomic E-state index is 0.384. The number of hydrogen-bond acceptors (Lipinski definition) is 2. The van der Waals surface area contributed by atoms with Crippen molar-refractivity contribution >= 4 is 0 Å².